The van der Waals surface area contributed by atoms with Crippen LogP contribution >= 0.6 is 0 Å². The number of rotatable bonds is 16. The highest BCUT2D eigenvalue weighted by Crippen LogP contribution is 2.32. The van der Waals surface area contributed by atoms with Crippen molar-refractivity contribution in [1.29, 1.82) is 0 Å². The van der Waals surface area contributed by atoms with Crippen molar-refractivity contribution in [2.45, 2.75) is 37.6 Å². The number of ether oxygens (including phenoxy) is 7. The maximum Gasteiger partial charge on any atom is 0.146 e. The first-order chi connectivity index (χ1) is 21.7. The van der Waals surface area contributed by atoms with E-state index in [4.69, 9.17) is 33.2 Å². The minimum atomic E-state index is -0.0852. The first-order valence-corrected chi connectivity index (χ1v) is 15.4. The number of hydrogen-bond donors (Lipinski definition) is 1. The lowest BCUT2D eigenvalue weighted by atomic mass is 9.85. The molecule has 0 radical (unpaired) electrons. The lowest BCUT2D eigenvalue weighted by Crippen LogP contribution is -2.51. The van der Waals surface area contributed by atoms with Gasteiger partial charge in [0.2, 0.25) is 0 Å². The van der Waals surface area contributed by atoms with Crippen LogP contribution in [-0.2, 0) is 30.3 Å². The van der Waals surface area contributed by atoms with Gasteiger partial charge in [0.1, 0.15) is 24.1 Å². The molecular formula is C36H45NO7. The summed E-state index contributed by atoms with van der Waals surface area (Å²) in [7, 11) is 5.07. The lowest BCUT2D eigenvalue weighted by Gasteiger charge is -2.39. The van der Waals surface area contributed by atoms with E-state index in [0.29, 0.717) is 26.4 Å². The van der Waals surface area contributed by atoms with Gasteiger partial charge in [0, 0.05) is 55.7 Å². The molecule has 0 saturated carbocycles. The second-order valence-corrected chi connectivity index (χ2v) is 11.1. The number of fused-ring (bicyclic) bond motifs is 1. The molecule has 0 amide bonds. The van der Waals surface area contributed by atoms with Gasteiger partial charge in [0.15, 0.2) is 0 Å². The molecule has 236 valence electrons. The molecule has 2 unspecified atom stereocenters. The Balaban J connectivity index is 1.16. The van der Waals surface area contributed by atoms with Gasteiger partial charge in [-0.15, -0.1) is 0 Å². The van der Waals surface area contributed by atoms with E-state index in [2.05, 4.69) is 47.8 Å². The summed E-state index contributed by atoms with van der Waals surface area (Å²) in [6.45, 7) is 4.00. The summed E-state index contributed by atoms with van der Waals surface area (Å²) in [5.41, 5.74) is 2.20. The number of piperidine rings is 1. The summed E-state index contributed by atoms with van der Waals surface area (Å²) in [5, 5.41) is 5.86. The molecule has 3 aromatic rings. The SMILES string of the molecule is COCO[C@@H]1CNC[C@H](OCC2C=c3ccccc3=C(OC)C2)C1c1ccc(OCCCOCc2ccccc2OC)cc1. The molecule has 1 saturated heterocycles. The van der Waals surface area contributed by atoms with E-state index < -0.39 is 0 Å². The molecule has 1 N–H and O–H groups in total. The monoisotopic (exact) mass is 603 g/mol. The predicted octanol–water partition coefficient (Wildman–Crippen LogP) is 4.00. The van der Waals surface area contributed by atoms with Gasteiger partial charge in [0.25, 0.3) is 0 Å². The predicted molar refractivity (Wildman–Crippen MR) is 170 cm³/mol. The molecule has 1 fully saturated rings. The van der Waals surface area contributed by atoms with Gasteiger partial charge in [-0.2, -0.15) is 0 Å². The quantitative estimate of drug-likeness (QED) is 0.195. The highest BCUT2D eigenvalue weighted by Gasteiger charge is 2.36. The molecule has 44 heavy (non-hydrogen) atoms. The minimum absolute atomic E-state index is 0.0468. The first kappa shape index (κ1) is 32.0. The van der Waals surface area contributed by atoms with E-state index >= 15 is 0 Å². The van der Waals surface area contributed by atoms with Crippen LogP contribution in [0, 0.1) is 5.92 Å². The number of methoxy groups -OCH3 is 3. The molecule has 3 aromatic carbocycles. The van der Waals surface area contributed by atoms with Crippen molar-refractivity contribution < 1.29 is 33.2 Å². The third kappa shape index (κ3) is 8.40. The van der Waals surface area contributed by atoms with Crippen molar-refractivity contribution in [3.05, 3.63) is 94.4 Å². The molecule has 4 atom stereocenters. The van der Waals surface area contributed by atoms with Crippen LogP contribution in [0.4, 0.5) is 0 Å². The van der Waals surface area contributed by atoms with Gasteiger partial charge in [0.05, 0.1) is 52.9 Å². The molecule has 1 heterocycles. The molecule has 0 aromatic heterocycles. The fourth-order valence-electron chi connectivity index (χ4n) is 6.02. The number of benzene rings is 3. The van der Waals surface area contributed by atoms with E-state index in [-0.39, 0.29) is 30.8 Å². The Bertz CT molecular complexity index is 1430. The average Bonchev–Trinajstić information content (AvgIpc) is 3.08. The number of nitrogens with one attached hydrogen (secondary N) is 1. The molecule has 8 nitrogen and oxygen atoms in total. The maximum atomic E-state index is 6.65. The summed E-state index contributed by atoms with van der Waals surface area (Å²) in [6.07, 6.45) is 3.77. The zero-order valence-corrected chi connectivity index (χ0v) is 26.0. The van der Waals surface area contributed by atoms with Gasteiger partial charge < -0.3 is 38.5 Å². The fraction of sp³-hybridized carbons (Fsp3) is 0.444. The Labute approximate surface area is 260 Å². The van der Waals surface area contributed by atoms with Gasteiger partial charge >= 0.3 is 0 Å². The molecule has 2 aliphatic rings. The average molecular weight is 604 g/mol. The molecule has 1 aliphatic heterocycles. The molecule has 1 aliphatic carbocycles. The van der Waals surface area contributed by atoms with Crippen LogP contribution < -0.4 is 25.2 Å². The van der Waals surface area contributed by atoms with Gasteiger partial charge in [-0.25, -0.2) is 0 Å². The Morgan fingerprint density at radius 1 is 0.795 bits per heavy atom. The third-order valence-corrected chi connectivity index (χ3v) is 8.20. The highest BCUT2D eigenvalue weighted by atomic mass is 16.7. The molecule has 5 rings (SSSR count). The van der Waals surface area contributed by atoms with E-state index in [1.54, 1.807) is 21.3 Å². The molecule has 0 bridgehead atoms. The van der Waals surface area contributed by atoms with Crippen LogP contribution in [0.3, 0.4) is 0 Å². The van der Waals surface area contributed by atoms with Crippen LogP contribution in [0.5, 0.6) is 11.5 Å². The van der Waals surface area contributed by atoms with Gasteiger partial charge in [-0.3, -0.25) is 0 Å². The topological polar surface area (TPSA) is 76.6 Å². The van der Waals surface area contributed by atoms with Crippen LogP contribution in [0.2, 0.25) is 0 Å². The van der Waals surface area contributed by atoms with Crippen molar-refractivity contribution in [2.24, 2.45) is 5.92 Å². The maximum absolute atomic E-state index is 6.65. The molecular weight excluding hydrogens is 558 g/mol. The van der Waals surface area contributed by atoms with Crippen LogP contribution in [0.1, 0.15) is 29.9 Å². The molecule has 8 heteroatoms. The zero-order valence-electron chi connectivity index (χ0n) is 26.0. The summed E-state index contributed by atoms with van der Waals surface area (Å²) >= 11 is 0. The number of para-hydroxylation sites is 1. The van der Waals surface area contributed by atoms with Crippen molar-refractivity contribution in [3.8, 4) is 11.5 Å². The van der Waals surface area contributed by atoms with Crippen molar-refractivity contribution in [1.82, 2.24) is 5.32 Å². The van der Waals surface area contributed by atoms with Crippen LogP contribution in [0.15, 0.2) is 72.8 Å². The van der Waals surface area contributed by atoms with E-state index in [1.807, 2.05) is 36.4 Å². The van der Waals surface area contributed by atoms with Crippen molar-refractivity contribution >= 4 is 11.8 Å². The Kier molecular flexibility index (Phi) is 12.1. The second-order valence-electron chi connectivity index (χ2n) is 11.1. The van der Waals surface area contributed by atoms with Gasteiger partial charge in [-0.1, -0.05) is 60.7 Å². The summed E-state index contributed by atoms with van der Waals surface area (Å²) in [6, 6.07) is 24.6. The largest absolute Gasteiger partial charge is 0.500 e. The summed E-state index contributed by atoms with van der Waals surface area (Å²) in [5.74, 6) is 2.96. The smallest absolute Gasteiger partial charge is 0.146 e. The van der Waals surface area contributed by atoms with Gasteiger partial charge in [-0.05, 0) is 29.0 Å². The van der Waals surface area contributed by atoms with E-state index in [9.17, 15) is 0 Å². The number of hydrogen-bond acceptors (Lipinski definition) is 8. The van der Waals surface area contributed by atoms with E-state index in [0.717, 1.165) is 54.3 Å². The lowest BCUT2D eigenvalue weighted by molar-refractivity contribution is -0.112. The van der Waals surface area contributed by atoms with Crippen LogP contribution in [0.25, 0.3) is 11.8 Å². The fourth-order valence-corrected chi connectivity index (χ4v) is 6.02. The van der Waals surface area contributed by atoms with E-state index in [1.165, 1.54) is 10.4 Å². The van der Waals surface area contributed by atoms with Crippen molar-refractivity contribution in [3.63, 3.8) is 0 Å². The minimum Gasteiger partial charge on any atom is -0.500 e. The molecule has 0 spiro atoms. The highest BCUT2D eigenvalue weighted by molar-refractivity contribution is 5.47. The summed E-state index contributed by atoms with van der Waals surface area (Å²) in [4.78, 5) is 0. The first-order valence-electron chi connectivity index (χ1n) is 15.4. The normalized spacial score (nSPS) is 21.3. The second kappa shape index (κ2) is 16.6. The van der Waals surface area contributed by atoms with Crippen molar-refractivity contribution in [2.75, 3.05) is 61.0 Å². The summed E-state index contributed by atoms with van der Waals surface area (Å²) < 4.78 is 41.0. The Morgan fingerprint density at radius 2 is 1.57 bits per heavy atom. The Hall–Kier alpha value is -3.40. The zero-order chi connectivity index (χ0) is 30.6. The standard InChI is InChI=1S/C36H45NO7/c1-38-25-44-35-22-37-21-34(43-23-26-19-28-9-4-6-11-31(28)33(20-26)40-3)36(35)27-13-15-30(16-14-27)42-18-8-17-41-24-29-10-5-7-12-32(29)39-2/h4-7,9-16,19,26,34-37H,8,17-18,20-25H2,1-3H3/t26?,34-,35+,36?/m0/s1. The van der Waals surface area contributed by atoms with Crippen LogP contribution in [-0.4, -0.2) is 73.2 Å². The third-order valence-electron chi connectivity index (χ3n) is 8.20. The Morgan fingerprint density at radius 3 is 2.36 bits per heavy atom.